The van der Waals surface area contributed by atoms with E-state index in [1.165, 1.54) is 5.56 Å². The van der Waals surface area contributed by atoms with Gasteiger partial charge in [-0.3, -0.25) is 14.4 Å². The lowest BCUT2D eigenvalue weighted by atomic mass is 9.60. The molecule has 3 aliphatic rings. The number of aromatic nitrogens is 2. The lowest BCUT2D eigenvalue weighted by Crippen LogP contribution is -2.52. The molecule has 4 heterocycles. The van der Waals surface area contributed by atoms with Crippen LogP contribution in [0.5, 0.6) is 0 Å². The van der Waals surface area contributed by atoms with Gasteiger partial charge in [-0.2, -0.15) is 18.3 Å². The van der Waals surface area contributed by atoms with Crippen LogP contribution in [0.4, 0.5) is 18.0 Å². The molecule has 0 saturated carbocycles. The van der Waals surface area contributed by atoms with Gasteiger partial charge in [0, 0.05) is 71.0 Å². The maximum atomic E-state index is 13.5. The van der Waals surface area contributed by atoms with E-state index in [2.05, 4.69) is 23.1 Å². The minimum atomic E-state index is -5.08. The van der Waals surface area contributed by atoms with Crippen LogP contribution in [0, 0.1) is 10.8 Å². The molecule has 1 unspecified atom stereocenters. The van der Waals surface area contributed by atoms with Crippen molar-refractivity contribution in [3.05, 3.63) is 18.0 Å². The number of likely N-dealkylation sites (tertiary alicyclic amines) is 3. The Hall–Kier alpha value is -2.83. The molecule has 3 amide bonds. The molecular weight excluding hydrogens is 481 g/mol. The molecule has 0 aromatic carbocycles. The van der Waals surface area contributed by atoms with Crippen LogP contribution in [0.25, 0.3) is 0 Å². The van der Waals surface area contributed by atoms with E-state index in [1.54, 1.807) is 19.0 Å². The summed E-state index contributed by atoms with van der Waals surface area (Å²) in [5.74, 6) is -2.48. The van der Waals surface area contributed by atoms with Crippen LogP contribution < -0.4 is 0 Å². The third kappa shape index (κ3) is 5.30. The topological polar surface area (TPSA) is 102 Å². The first-order valence-corrected chi connectivity index (χ1v) is 12.0. The first kappa shape index (κ1) is 27.8. The molecular formula is C23H35F3N6O4. The Morgan fingerprint density at radius 1 is 1.14 bits per heavy atom. The lowest BCUT2D eigenvalue weighted by molar-refractivity contribution is -0.192. The third-order valence-electron chi connectivity index (χ3n) is 7.73. The number of carboxylic acid groups (broad SMARTS) is 1. The second-order valence-electron chi connectivity index (χ2n) is 10.1. The fourth-order valence-corrected chi connectivity index (χ4v) is 5.85. The second kappa shape index (κ2) is 10.3. The summed E-state index contributed by atoms with van der Waals surface area (Å²) in [4.78, 5) is 43.2. The van der Waals surface area contributed by atoms with Gasteiger partial charge in [0.2, 0.25) is 5.91 Å². The molecule has 4 rings (SSSR count). The highest BCUT2D eigenvalue weighted by molar-refractivity contribution is 5.88. The third-order valence-corrected chi connectivity index (χ3v) is 7.73. The summed E-state index contributed by atoms with van der Waals surface area (Å²) < 4.78 is 33.6. The highest BCUT2D eigenvalue weighted by Gasteiger charge is 2.65. The van der Waals surface area contributed by atoms with Crippen LogP contribution in [0.2, 0.25) is 0 Å². The molecule has 1 aromatic heterocycles. The fraction of sp³-hybridized carbons (Fsp3) is 0.739. The number of halogens is 3. The molecule has 3 saturated heterocycles. The molecule has 1 aromatic rings. The van der Waals surface area contributed by atoms with E-state index in [4.69, 9.17) is 9.90 Å². The number of hydrogen-bond acceptors (Lipinski definition) is 5. The van der Waals surface area contributed by atoms with E-state index in [0.717, 1.165) is 52.0 Å². The lowest BCUT2D eigenvalue weighted by Gasteiger charge is -2.46. The van der Waals surface area contributed by atoms with E-state index in [1.807, 2.05) is 27.7 Å². The predicted octanol–water partition coefficient (Wildman–Crippen LogP) is 1.87. The van der Waals surface area contributed by atoms with Gasteiger partial charge in [-0.1, -0.05) is 0 Å². The largest absolute Gasteiger partial charge is 0.490 e. The van der Waals surface area contributed by atoms with Crippen molar-refractivity contribution in [3.8, 4) is 0 Å². The summed E-state index contributed by atoms with van der Waals surface area (Å²) in [7, 11) is 5.54. The normalized spacial score (nSPS) is 23.8. The minimum Gasteiger partial charge on any atom is -0.475 e. The quantitative estimate of drug-likeness (QED) is 0.658. The van der Waals surface area contributed by atoms with Crippen molar-refractivity contribution in [1.29, 1.82) is 0 Å². The average Bonchev–Trinajstić information content (AvgIpc) is 3.46. The highest BCUT2D eigenvalue weighted by Crippen LogP contribution is 2.58. The number of piperidine rings is 1. The van der Waals surface area contributed by atoms with Gasteiger partial charge in [0.25, 0.3) is 0 Å². The van der Waals surface area contributed by atoms with Crippen molar-refractivity contribution >= 4 is 17.9 Å². The smallest absolute Gasteiger partial charge is 0.475 e. The number of carbonyl (C=O) groups is 3. The molecule has 1 atom stereocenters. The molecule has 0 aliphatic carbocycles. The van der Waals surface area contributed by atoms with Gasteiger partial charge in [0.1, 0.15) is 0 Å². The van der Waals surface area contributed by atoms with Gasteiger partial charge in [0.15, 0.2) is 0 Å². The average molecular weight is 517 g/mol. The van der Waals surface area contributed by atoms with Crippen molar-refractivity contribution in [2.45, 2.75) is 38.9 Å². The van der Waals surface area contributed by atoms with Crippen molar-refractivity contribution in [3.63, 3.8) is 0 Å². The van der Waals surface area contributed by atoms with E-state index in [0.29, 0.717) is 13.1 Å². The summed E-state index contributed by atoms with van der Waals surface area (Å²) >= 11 is 0. The van der Waals surface area contributed by atoms with Crippen LogP contribution in [-0.2, 0) is 23.2 Å². The zero-order chi connectivity index (χ0) is 26.9. The summed E-state index contributed by atoms with van der Waals surface area (Å²) in [6, 6.07) is 0.0294. The second-order valence-corrected chi connectivity index (χ2v) is 10.1. The fourth-order valence-electron chi connectivity index (χ4n) is 5.85. The summed E-state index contributed by atoms with van der Waals surface area (Å²) in [6.45, 7) is 7.71. The van der Waals surface area contributed by atoms with Gasteiger partial charge in [-0.05, 0) is 39.3 Å². The SMILES string of the molecule is CCN1CCC2(CN(C(=O)N(C)C)CC23CCN(Cc2cnn(C)c2)CC3)C1=O.O=C(O)C(F)(F)F. The zero-order valence-electron chi connectivity index (χ0n) is 21.2. The Bertz CT molecular complexity index is 973. The Balaban J connectivity index is 0.000000454. The Labute approximate surface area is 208 Å². The number of urea groups is 1. The maximum absolute atomic E-state index is 13.5. The van der Waals surface area contributed by atoms with Crippen LogP contribution in [0.15, 0.2) is 12.4 Å². The molecule has 1 N–H and O–H groups in total. The zero-order valence-corrected chi connectivity index (χ0v) is 21.2. The van der Waals surface area contributed by atoms with E-state index in [9.17, 15) is 22.8 Å². The molecule has 36 heavy (non-hydrogen) atoms. The molecule has 202 valence electrons. The highest BCUT2D eigenvalue weighted by atomic mass is 19.4. The van der Waals surface area contributed by atoms with Gasteiger partial charge in [-0.25, -0.2) is 9.59 Å². The van der Waals surface area contributed by atoms with Crippen molar-refractivity contribution < 1.29 is 32.7 Å². The molecule has 2 spiro atoms. The summed E-state index contributed by atoms with van der Waals surface area (Å²) in [5.41, 5.74) is 0.711. The molecule has 13 heteroatoms. The summed E-state index contributed by atoms with van der Waals surface area (Å²) in [6.07, 6.45) is 1.72. The van der Waals surface area contributed by atoms with Gasteiger partial charge in [0.05, 0.1) is 11.6 Å². The maximum Gasteiger partial charge on any atom is 0.490 e. The number of aryl methyl sites for hydroxylation is 1. The number of hydrogen-bond donors (Lipinski definition) is 1. The van der Waals surface area contributed by atoms with E-state index in [-0.39, 0.29) is 17.4 Å². The van der Waals surface area contributed by atoms with Crippen molar-refractivity contribution in [2.24, 2.45) is 17.9 Å². The van der Waals surface area contributed by atoms with E-state index >= 15 is 0 Å². The molecule has 0 radical (unpaired) electrons. The number of aliphatic carboxylic acids is 1. The number of carbonyl (C=O) groups excluding carboxylic acids is 2. The molecule has 10 nitrogen and oxygen atoms in total. The Morgan fingerprint density at radius 2 is 1.75 bits per heavy atom. The van der Waals surface area contributed by atoms with E-state index < -0.39 is 17.6 Å². The van der Waals surface area contributed by atoms with Gasteiger partial charge < -0.3 is 19.8 Å². The Morgan fingerprint density at radius 3 is 2.19 bits per heavy atom. The number of nitrogens with zero attached hydrogens (tertiary/aromatic N) is 6. The first-order valence-electron chi connectivity index (χ1n) is 12.0. The predicted molar refractivity (Wildman–Crippen MR) is 124 cm³/mol. The number of rotatable bonds is 3. The minimum absolute atomic E-state index is 0.0294. The molecule has 3 aliphatic heterocycles. The van der Waals surface area contributed by atoms with Crippen molar-refractivity contribution in [2.75, 3.05) is 53.4 Å². The number of carboxylic acids is 1. The standard InChI is InChI=1S/C21H34N6O2.C2HF3O2/c1-5-26-11-8-21(18(26)28)16-27(19(29)23(2)3)15-20(21)6-9-25(10-7-20)14-17-12-22-24(4)13-17;3-2(4,5)1(6)7/h12-13H,5-11,14-16H2,1-4H3;(H,6,7). The number of alkyl halides is 3. The van der Waals surface area contributed by atoms with Crippen molar-refractivity contribution in [1.82, 2.24) is 29.4 Å². The van der Waals surface area contributed by atoms with Crippen LogP contribution in [0.1, 0.15) is 31.7 Å². The molecule has 0 bridgehead atoms. The summed E-state index contributed by atoms with van der Waals surface area (Å²) in [5, 5.41) is 11.4. The Kier molecular flexibility index (Phi) is 7.92. The van der Waals surface area contributed by atoms with Crippen LogP contribution in [0.3, 0.4) is 0 Å². The number of amides is 3. The first-order chi connectivity index (χ1) is 16.7. The number of fused-ring (bicyclic) bond motifs is 1. The monoisotopic (exact) mass is 516 g/mol. The van der Waals surface area contributed by atoms with Crippen LogP contribution >= 0.6 is 0 Å². The van der Waals surface area contributed by atoms with Gasteiger partial charge >= 0.3 is 18.2 Å². The van der Waals surface area contributed by atoms with Crippen LogP contribution in [-0.4, -0.2) is 112 Å². The molecule has 3 fully saturated rings. The van der Waals surface area contributed by atoms with Gasteiger partial charge in [-0.15, -0.1) is 0 Å².